The third-order valence-electron chi connectivity index (χ3n) is 4.45. The van der Waals surface area contributed by atoms with E-state index in [9.17, 15) is 9.59 Å². The van der Waals surface area contributed by atoms with Crippen LogP contribution in [-0.4, -0.2) is 50.1 Å². The van der Waals surface area contributed by atoms with Crippen molar-refractivity contribution in [2.75, 3.05) is 48.8 Å². The van der Waals surface area contributed by atoms with Crippen molar-refractivity contribution in [3.8, 4) is 5.75 Å². The lowest BCUT2D eigenvalue weighted by molar-refractivity contribution is -0.114. The van der Waals surface area contributed by atoms with Crippen LogP contribution in [0.3, 0.4) is 0 Å². The van der Waals surface area contributed by atoms with E-state index in [1.165, 1.54) is 6.92 Å². The third kappa shape index (κ3) is 4.69. The summed E-state index contributed by atoms with van der Waals surface area (Å²) in [6.45, 7) is 4.21. The highest BCUT2D eigenvalue weighted by molar-refractivity contribution is 5.91. The molecular formula is C20H24N4O3. The third-order valence-corrected chi connectivity index (χ3v) is 4.45. The van der Waals surface area contributed by atoms with E-state index >= 15 is 0 Å². The quantitative estimate of drug-likeness (QED) is 0.870. The van der Waals surface area contributed by atoms with Crippen LogP contribution in [0.4, 0.5) is 21.9 Å². The first-order chi connectivity index (χ1) is 13.1. The zero-order chi connectivity index (χ0) is 19.2. The summed E-state index contributed by atoms with van der Waals surface area (Å²) in [4.78, 5) is 27.6. The smallest absolute Gasteiger partial charge is 0.321 e. The molecule has 1 aliphatic heterocycles. The molecule has 1 aliphatic rings. The van der Waals surface area contributed by atoms with Gasteiger partial charge in [-0.3, -0.25) is 4.79 Å². The van der Waals surface area contributed by atoms with E-state index in [1.807, 2.05) is 24.3 Å². The molecule has 2 aromatic rings. The Labute approximate surface area is 158 Å². The monoisotopic (exact) mass is 368 g/mol. The number of nitrogens with one attached hydrogen (secondary N) is 2. The molecule has 3 amide bonds. The highest BCUT2D eigenvalue weighted by Crippen LogP contribution is 2.28. The number of ether oxygens (including phenoxy) is 1. The molecule has 27 heavy (non-hydrogen) atoms. The van der Waals surface area contributed by atoms with E-state index in [-0.39, 0.29) is 11.9 Å². The molecule has 0 bridgehead atoms. The minimum atomic E-state index is -0.125. The number of methoxy groups -OCH3 is 1. The highest BCUT2D eigenvalue weighted by atomic mass is 16.5. The van der Waals surface area contributed by atoms with Crippen molar-refractivity contribution in [1.29, 1.82) is 0 Å². The summed E-state index contributed by atoms with van der Waals surface area (Å²) in [7, 11) is 1.67. The van der Waals surface area contributed by atoms with Crippen molar-refractivity contribution in [2.24, 2.45) is 0 Å². The number of benzene rings is 2. The van der Waals surface area contributed by atoms with Crippen molar-refractivity contribution in [3.63, 3.8) is 0 Å². The average molecular weight is 368 g/mol. The number of para-hydroxylation sites is 2. The van der Waals surface area contributed by atoms with Crippen molar-refractivity contribution < 1.29 is 14.3 Å². The number of carbonyl (C=O) groups is 2. The summed E-state index contributed by atoms with van der Waals surface area (Å²) in [5, 5.41) is 5.60. The minimum Gasteiger partial charge on any atom is -0.495 e. The molecule has 7 nitrogen and oxygen atoms in total. The molecule has 2 N–H and O–H groups in total. The average Bonchev–Trinajstić information content (AvgIpc) is 2.69. The SMILES string of the molecule is COc1ccccc1N1CCN(C(=O)Nc2ccc(NC(C)=O)cc2)CC1. The lowest BCUT2D eigenvalue weighted by Gasteiger charge is -2.36. The second-order valence-corrected chi connectivity index (χ2v) is 6.33. The Balaban J connectivity index is 1.54. The molecule has 0 saturated carbocycles. The predicted molar refractivity (Wildman–Crippen MR) is 107 cm³/mol. The Morgan fingerprint density at radius 3 is 2.07 bits per heavy atom. The van der Waals surface area contributed by atoms with Crippen LogP contribution in [0.5, 0.6) is 5.75 Å². The maximum absolute atomic E-state index is 12.5. The van der Waals surface area contributed by atoms with Crippen molar-refractivity contribution >= 4 is 29.0 Å². The molecule has 0 spiro atoms. The fraction of sp³-hybridized carbons (Fsp3) is 0.300. The number of rotatable bonds is 4. The van der Waals surface area contributed by atoms with Gasteiger partial charge in [0.2, 0.25) is 5.91 Å². The van der Waals surface area contributed by atoms with Gasteiger partial charge in [0.1, 0.15) is 5.75 Å². The maximum atomic E-state index is 12.5. The van der Waals surface area contributed by atoms with E-state index in [2.05, 4.69) is 15.5 Å². The Kier molecular flexibility index (Phi) is 5.80. The van der Waals surface area contributed by atoms with Gasteiger partial charge in [0.25, 0.3) is 0 Å². The molecule has 0 atom stereocenters. The topological polar surface area (TPSA) is 73.9 Å². The van der Waals surface area contributed by atoms with Gasteiger partial charge in [-0.1, -0.05) is 12.1 Å². The van der Waals surface area contributed by atoms with Crippen LogP contribution in [0.2, 0.25) is 0 Å². The first-order valence-corrected chi connectivity index (χ1v) is 8.88. The van der Waals surface area contributed by atoms with Crippen LogP contribution in [0.15, 0.2) is 48.5 Å². The van der Waals surface area contributed by atoms with Gasteiger partial charge in [0, 0.05) is 44.5 Å². The Morgan fingerprint density at radius 2 is 1.48 bits per heavy atom. The van der Waals surface area contributed by atoms with Gasteiger partial charge in [-0.25, -0.2) is 4.79 Å². The van der Waals surface area contributed by atoms with E-state index in [0.717, 1.165) is 24.5 Å². The predicted octanol–water partition coefficient (Wildman–Crippen LogP) is 3.01. The van der Waals surface area contributed by atoms with Crippen molar-refractivity contribution in [2.45, 2.75) is 6.92 Å². The fourth-order valence-corrected chi connectivity index (χ4v) is 3.08. The van der Waals surface area contributed by atoms with Crippen LogP contribution >= 0.6 is 0 Å². The van der Waals surface area contributed by atoms with Crippen LogP contribution in [0, 0.1) is 0 Å². The van der Waals surface area contributed by atoms with E-state index in [0.29, 0.717) is 24.5 Å². The summed E-state index contributed by atoms with van der Waals surface area (Å²) in [6.07, 6.45) is 0. The minimum absolute atomic E-state index is 0.123. The number of nitrogens with zero attached hydrogens (tertiary/aromatic N) is 2. The molecule has 3 rings (SSSR count). The first kappa shape index (κ1) is 18.6. The van der Waals surface area contributed by atoms with Gasteiger partial charge in [-0.15, -0.1) is 0 Å². The standard InChI is InChI=1S/C20H24N4O3/c1-15(25)21-16-7-9-17(10-8-16)22-20(26)24-13-11-23(12-14-24)18-5-3-4-6-19(18)27-2/h3-10H,11-14H2,1-2H3,(H,21,25)(H,22,26). The molecule has 0 aliphatic carbocycles. The summed E-state index contributed by atoms with van der Waals surface area (Å²) >= 11 is 0. The molecule has 1 fully saturated rings. The summed E-state index contributed by atoms with van der Waals surface area (Å²) in [5.41, 5.74) is 2.45. The van der Waals surface area contributed by atoms with Gasteiger partial charge in [-0.05, 0) is 36.4 Å². The molecule has 0 radical (unpaired) electrons. The van der Waals surface area contributed by atoms with E-state index in [1.54, 1.807) is 36.3 Å². The van der Waals surface area contributed by atoms with Gasteiger partial charge >= 0.3 is 6.03 Å². The zero-order valence-electron chi connectivity index (χ0n) is 15.6. The number of piperazine rings is 1. The second-order valence-electron chi connectivity index (χ2n) is 6.33. The molecule has 0 aromatic heterocycles. The normalized spacial score (nSPS) is 13.9. The molecule has 1 heterocycles. The molecule has 1 saturated heterocycles. The van der Waals surface area contributed by atoms with Gasteiger partial charge in [-0.2, -0.15) is 0 Å². The lowest BCUT2D eigenvalue weighted by atomic mass is 10.2. The summed E-state index contributed by atoms with van der Waals surface area (Å²) in [5.74, 6) is 0.717. The molecule has 0 unspecified atom stereocenters. The summed E-state index contributed by atoms with van der Waals surface area (Å²) < 4.78 is 5.42. The zero-order valence-corrected chi connectivity index (χ0v) is 15.6. The lowest BCUT2D eigenvalue weighted by Crippen LogP contribution is -2.50. The Morgan fingerprint density at radius 1 is 0.889 bits per heavy atom. The first-order valence-electron chi connectivity index (χ1n) is 8.88. The largest absolute Gasteiger partial charge is 0.495 e. The van der Waals surface area contributed by atoms with Gasteiger partial charge in [0.15, 0.2) is 0 Å². The fourth-order valence-electron chi connectivity index (χ4n) is 3.08. The van der Waals surface area contributed by atoms with E-state index in [4.69, 9.17) is 4.74 Å². The number of anilines is 3. The van der Waals surface area contributed by atoms with E-state index < -0.39 is 0 Å². The Hall–Kier alpha value is -3.22. The molecular weight excluding hydrogens is 344 g/mol. The summed E-state index contributed by atoms with van der Waals surface area (Å²) in [6, 6.07) is 14.9. The van der Waals surface area contributed by atoms with Gasteiger partial charge < -0.3 is 25.2 Å². The number of urea groups is 1. The Bertz CT molecular complexity index is 799. The van der Waals surface area contributed by atoms with Crippen molar-refractivity contribution in [1.82, 2.24) is 4.90 Å². The second kappa shape index (κ2) is 8.44. The molecule has 2 aromatic carbocycles. The van der Waals surface area contributed by atoms with Crippen LogP contribution < -0.4 is 20.3 Å². The number of amides is 3. The van der Waals surface area contributed by atoms with Crippen LogP contribution in [0.1, 0.15) is 6.92 Å². The van der Waals surface area contributed by atoms with Crippen LogP contribution in [0.25, 0.3) is 0 Å². The highest BCUT2D eigenvalue weighted by Gasteiger charge is 2.22. The van der Waals surface area contributed by atoms with Crippen molar-refractivity contribution in [3.05, 3.63) is 48.5 Å². The molecule has 7 heteroatoms. The maximum Gasteiger partial charge on any atom is 0.321 e. The number of hydrogen-bond acceptors (Lipinski definition) is 4. The van der Waals surface area contributed by atoms with Gasteiger partial charge in [0.05, 0.1) is 12.8 Å². The number of carbonyl (C=O) groups excluding carboxylic acids is 2. The molecule has 142 valence electrons. The number of hydrogen-bond donors (Lipinski definition) is 2. The van der Waals surface area contributed by atoms with Crippen LogP contribution in [-0.2, 0) is 4.79 Å².